The Labute approximate surface area is 122 Å². The average Bonchev–Trinajstić information content (AvgIpc) is 2.37. The summed E-state index contributed by atoms with van der Waals surface area (Å²) in [5.41, 5.74) is -0.953. The summed E-state index contributed by atoms with van der Waals surface area (Å²) in [6.07, 6.45) is -3.72. The standard InChI is InChI=1S/C15H21F3N2O/c1-4-19-13-11(14(21)20-9-8-10(2)3)6-5-7-12(13)15(16,17)18/h5-7,10,19H,4,8-9H2,1-3H3,(H,20,21). The summed E-state index contributed by atoms with van der Waals surface area (Å²) in [7, 11) is 0. The van der Waals surface area contributed by atoms with Crippen molar-refractivity contribution in [2.24, 2.45) is 5.92 Å². The molecule has 21 heavy (non-hydrogen) atoms. The minimum absolute atomic E-state index is 0.0235. The zero-order valence-corrected chi connectivity index (χ0v) is 12.5. The highest BCUT2D eigenvalue weighted by Gasteiger charge is 2.35. The largest absolute Gasteiger partial charge is 0.418 e. The molecule has 0 atom stereocenters. The fourth-order valence-corrected chi connectivity index (χ4v) is 1.91. The Morgan fingerprint density at radius 2 is 1.95 bits per heavy atom. The summed E-state index contributed by atoms with van der Waals surface area (Å²) >= 11 is 0. The van der Waals surface area contributed by atoms with Crippen molar-refractivity contribution in [1.82, 2.24) is 5.32 Å². The highest BCUT2D eigenvalue weighted by atomic mass is 19.4. The van der Waals surface area contributed by atoms with Crippen LogP contribution in [0.2, 0.25) is 0 Å². The van der Waals surface area contributed by atoms with Gasteiger partial charge in [0.15, 0.2) is 0 Å². The fraction of sp³-hybridized carbons (Fsp3) is 0.533. The smallest absolute Gasteiger partial charge is 0.384 e. The molecule has 3 nitrogen and oxygen atoms in total. The van der Waals surface area contributed by atoms with Crippen molar-refractivity contribution in [3.63, 3.8) is 0 Å². The molecular weight excluding hydrogens is 281 g/mol. The first-order valence-corrected chi connectivity index (χ1v) is 6.99. The summed E-state index contributed by atoms with van der Waals surface area (Å²) in [5.74, 6) is -0.0715. The van der Waals surface area contributed by atoms with Crippen LogP contribution in [-0.4, -0.2) is 19.0 Å². The van der Waals surface area contributed by atoms with Crippen molar-refractivity contribution in [2.75, 3.05) is 18.4 Å². The summed E-state index contributed by atoms with van der Waals surface area (Å²) in [6, 6.07) is 3.63. The highest BCUT2D eigenvalue weighted by molar-refractivity contribution is 6.00. The number of benzene rings is 1. The molecule has 0 fully saturated rings. The van der Waals surface area contributed by atoms with Gasteiger partial charge in [-0.25, -0.2) is 0 Å². The van der Waals surface area contributed by atoms with Crippen LogP contribution in [0, 0.1) is 5.92 Å². The molecule has 0 bridgehead atoms. The first-order chi connectivity index (χ1) is 9.77. The van der Waals surface area contributed by atoms with Gasteiger partial charge in [-0.2, -0.15) is 13.2 Å². The third kappa shape index (κ3) is 4.95. The van der Waals surface area contributed by atoms with Crippen molar-refractivity contribution in [2.45, 2.75) is 33.4 Å². The number of anilines is 1. The Morgan fingerprint density at radius 3 is 2.48 bits per heavy atom. The number of carbonyl (C=O) groups excluding carboxylic acids is 1. The molecule has 118 valence electrons. The topological polar surface area (TPSA) is 41.1 Å². The van der Waals surface area contributed by atoms with Crippen LogP contribution in [-0.2, 0) is 6.18 Å². The van der Waals surface area contributed by atoms with E-state index in [2.05, 4.69) is 10.6 Å². The Bertz CT molecular complexity index is 484. The van der Waals surface area contributed by atoms with E-state index in [1.165, 1.54) is 12.1 Å². The summed E-state index contributed by atoms with van der Waals surface area (Å²) in [4.78, 5) is 12.1. The van der Waals surface area contributed by atoms with Gasteiger partial charge in [-0.05, 0) is 31.4 Å². The lowest BCUT2D eigenvalue weighted by Gasteiger charge is -2.17. The van der Waals surface area contributed by atoms with Crippen molar-refractivity contribution < 1.29 is 18.0 Å². The molecule has 2 N–H and O–H groups in total. The molecule has 0 radical (unpaired) electrons. The Kier molecular flexibility index (Phi) is 6.05. The molecule has 0 aliphatic rings. The third-order valence-electron chi connectivity index (χ3n) is 2.98. The van der Waals surface area contributed by atoms with E-state index >= 15 is 0 Å². The molecule has 0 saturated heterocycles. The zero-order chi connectivity index (χ0) is 16.0. The third-order valence-corrected chi connectivity index (χ3v) is 2.98. The Morgan fingerprint density at radius 1 is 1.29 bits per heavy atom. The maximum atomic E-state index is 13.0. The average molecular weight is 302 g/mol. The van der Waals surface area contributed by atoms with E-state index in [0.717, 1.165) is 12.5 Å². The lowest BCUT2D eigenvalue weighted by Crippen LogP contribution is -2.27. The van der Waals surface area contributed by atoms with Crippen LogP contribution < -0.4 is 10.6 Å². The summed E-state index contributed by atoms with van der Waals surface area (Å²) in [5, 5.41) is 5.31. The normalized spacial score (nSPS) is 11.6. The monoisotopic (exact) mass is 302 g/mol. The number of hydrogen-bond donors (Lipinski definition) is 2. The number of nitrogens with one attached hydrogen (secondary N) is 2. The van der Waals surface area contributed by atoms with E-state index in [4.69, 9.17) is 0 Å². The quantitative estimate of drug-likeness (QED) is 0.836. The molecule has 0 spiro atoms. The van der Waals surface area contributed by atoms with Gasteiger partial charge in [0.05, 0.1) is 16.8 Å². The molecule has 0 unspecified atom stereocenters. The molecular formula is C15H21F3N2O. The van der Waals surface area contributed by atoms with Gasteiger partial charge in [-0.15, -0.1) is 0 Å². The molecule has 6 heteroatoms. The van der Waals surface area contributed by atoms with Gasteiger partial charge in [-0.1, -0.05) is 19.9 Å². The van der Waals surface area contributed by atoms with Gasteiger partial charge < -0.3 is 10.6 Å². The highest BCUT2D eigenvalue weighted by Crippen LogP contribution is 2.36. The zero-order valence-electron chi connectivity index (χ0n) is 12.5. The van der Waals surface area contributed by atoms with Gasteiger partial charge >= 0.3 is 6.18 Å². The summed E-state index contributed by atoms with van der Waals surface area (Å²) in [6.45, 7) is 6.46. The molecule has 1 rings (SSSR count). The van der Waals surface area contributed by atoms with Gasteiger partial charge in [-0.3, -0.25) is 4.79 Å². The minimum atomic E-state index is -4.49. The van der Waals surface area contributed by atoms with Crippen LogP contribution >= 0.6 is 0 Å². The van der Waals surface area contributed by atoms with E-state index in [0.29, 0.717) is 19.0 Å². The van der Waals surface area contributed by atoms with Crippen LogP contribution in [0.1, 0.15) is 43.1 Å². The predicted octanol–water partition coefficient (Wildman–Crippen LogP) is 3.91. The first-order valence-electron chi connectivity index (χ1n) is 6.99. The van der Waals surface area contributed by atoms with Crippen molar-refractivity contribution >= 4 is 11.6 Å². The van der Waals surface area contributed by atoms with Crippen molar-refractivity contribution in [3.05, 3.63) is 29.3 Å². The van der Waals surface area contributed by atoms with Crippen LogP contribution in [0.15, 0.2) is 18.2 Å². The van der Waals surface area contributed by atoms with Crippen LogP contribution in [0.5, 0.6) is 0 Å². The van der Waals surface area contributed by atoms with Crippen LogP contribution in [0.3, 0.4) is 0 Å². The number of carbonyl (C=O) groups is 1. The predicted molar refractivity (Wildman–Crippen MR) is 77.4 cm³/mol. The fourth-order valence-electron chi connectivity index (χ4n) is 1.91. The molecule has 1 aromatic rings. The van der Waals surface area contributed by atoms with Gasteiger partial charge in [0.1, 0.15) is 0 Å². The van der Waals surface area contributed by atoms with E-state index in [1.807, 2.05) is 13.8 Å². The maximum Gasteiger partial charge on any atom is 0.418 e. The number of halogens is 3. The number of para-hydroxylation sites is 1. The lowest BCUT2D eigenvalue weighted by molar-refractivity contribution is -0.137. The van der Waals surface area contributed by atoms with E-state index in [9.17, 15) is 18.0 Å². The van der Waals surface area contributed by atoms with Gasteiger partial charge in [0.2, 0.25) is 0 Å². The maximum absolute atomic E-state index is 13.0. The first kappa shape index (κ1) is 17.3. The van der Waals surface area contributed by atoms with E-state index < -0.39 is 17.6 Å². The number of alkyl halides is 3. The van der Waals surface area contributed by atoms with Crippen molar-refractivity contribution in [1.29, 1.82) is 0 Å². The Hall–Kier alpha value is -1.72. The summed E-state index contributed by atoms with van der Waals surface area (Å²) < 4.78 is 39.0. The number of amides is 1. The van der Waals surface area contributed by atoms with Crippen LogP contribution in [0.25, 0.3) is 0 Å². The molecule has 0 aliphatic heterocycles. The van der Waals surface area contributed by atoms with Crippen LogP contribution in [0.4, 0.5) is 18.9 Å². The number of rotatable bonds is 6. The number of hydrogen-bond acceptors (Lipinski definition) is 2. The lowest BCUT2D eigenvalue weighted by atomic mass is 10.1. The molecule has 1 aromatic carbocycles. The van der Waals surface area contributed by atoms with E-state index in [-0.39, 0.29) is 11.3 Å². The molecule has 1 amide bonds. The Balaban J connectivity index is 3.03. The second-order valence-electron chi connectivity index (χ2n) is 5.19. The SMILES string of the molecule is CCNc1c(C(=O)NCCC(C)C)cccc1C(F)(F)F. The molecule has 0 saturated carbocycles. The molecule has 0 aliphatic carbocycles. The van der Waals surface area contributed by atoms with Gasteiger partial charge in [0, 0.05) is 13.1 Å². The van der Waals surface area contributed by atoms with Gasteiger partial charge in [0.25, 0.3) is 5.91 Å². The minimum Gasteiger partial charge on any atom is -0.384 e. The van der Waals surface area contributed by atoms with E-state index in [1.54, 1.807) is 6.92 Å². The second-order valence-corrected chi connectivity index (χ2v) is 5.19. The van der Waals surface area contributed by atoms with Crippen molar-refractivity contribution in [3.8, 4) is 0 Å². The molecule has 0 aromatic heterocycles. The second kappa shape index (κ2) is 7.33. The molecule has 0 heterocycles.